The van der Waals surface area contributed by atoms with Gasteiger partial charge in [0.15, 0.2) is 0 Å². The fraction of sp³-hybridized carbons (Fsp3) is 0.500. The van der Waals surface area contributed by atoms with Crippen molar-refractivity contribution in [2.45, 2.75) is 6.92 Å². The Balaban J connectivity index is 2.91. The minimum atomic E-state index is -0.306. The zero-order valence-electron chi connectivity index (χ0n) is 8.03. The lowest BCUT2D eigenvalue weighted by molar-refractivity contribution is 0.0947. The molecule has 6 heteroatoms. The molecule has 14 heavy (non-hydrogen) atoms. The second kappa shape index (κ2) is 4.39. The fourth-order valence-electron chi connectivity index (χ4n) is 0.979. The summed E-state index contributed by atoms with van der Waals surface area (Å²) < 4.78 is 1.43. The standard InChI is InChI=1S/C8H12N2O3S/c1-5-6(7(12)9-3-4-11)14-8(13)10(5)2/h11H,3-4H2,1-2H3,(H,9,12). The van der Waals surface area contributed by atoms with E-state index in [0.29, 0.717) is 10.6 Å². The molecular weight excluding hydrogens is 204 g/mol. The quantitative estimate of drug-likeness (QED) is 0.714. The third-order valence-corrected chi connectivity index (χ3v) is 3.03. The third kappa shape index (κ3) is 2.02. The van der Waals surface area contributed by atoms with Crippen LogP contribution in [-0.4, -0.2) is 28.7 Å². The van der Waals surface area contributed by atoms with Crippen LogP contribution >= 0.6 is 11.3 Å². The number of aliphatic hydroxyl groups is 1. The highest BCUT2D eigenvalue weighted by Gasteiger charge is 2.14. The SMILES string of the molecule is Cc1c(C(=O)NCCO)sc(=O)n1C. The summed E-state index contributed by atoms with van der Waals surface area (Å²) in [4.78, 5) is 22.9. The van der Waals surface area contributed by atoms with Crippen molar-refractivity contribution in [2.24, 2.45) is 7.05 Å². The van der Waals surface area contributed by atoms with E-state index in [1.54, 1.807) is 14.0 Å². The van der Waals surface area contributed by atoms with E-state index in [2.05, 4.69) is 5.32 Å². The first-order valence-corrected chi connectivity index (χ1v) is 4.95. The van der Waals surface area contributed by atoms with Crippen molar-refractivity contribution in [1.29, 1.82) is 0 Å². The van der Waals surface area contributed by atoms with Gasteiger partial charge in [0.05, 0.1) is 6.61 Å². The Hall–Kier alpha value is -1.14. The smallest absolute Gasteiger partial charge is 0.307 e. The first kappa shape index (κ1) is 10.9. The topological polar surface area (TPSA) is 71.3 Å². The number of aliphatic hydroxyl groups excluding tert-OH is 1. The summed E-state index contributed by atoms with van der Waals surface area (Å²) in [6.07, 6.45) is 0. The Labute approximate surface area is 85.0 Å². The van der Waals surface area contributed by atoms with E-state index in [4.69, 9.17) is 5.11 Å². The summed E-state index contributed by atoms with van der Waals surface area (Å²) >= 11 is 0.913. The van der Waals surface area contributed by atoms with Gasteiger partial charge in [0.2, 0.25) is 0 Å². The normalized spacial score (nSPS) is 10.2. The lowest BCUT2D eigenvalue weighted by Crippen LogP contribution is -2.26. The average molecular weight is 216 g/mol. The third-order valence-electron chi connectivity index (χ3n) is 1.90. The molecule has 1 aromatic heterocycles. The number of nitrogens with zero attached hydrogens (tertiary/aromatic N) is 1. The first-order chi connectivity index (χ1) is 6.57. The number of amides is 1. The molecule has 0 bridgehead atoms. The molecule has 0 spiro atoms. The Kier molecular flexibility index (Phi) is 3.43. The Morgan fingerprint density at radius 3 is 2.71 bits per heavy atom. The molecule has 0 aromatic carbocycles. The lowest BCUT2D eigenvalue weighted by Gasteiger charge is -2.01. The zero-order chi connectivity index (χ0) is 10.7. The molecule has 0 aliphatic carbocycles. The molecule has 1 aromatic rings. The summed E-state index contributed by atoms with van der Waals surface area (Å²) in [6.45, 7) is 1.81. The fourth-order valence-corrected chi connectivity index (χ4v) is 1.88. The predicted molar refractivity (Wildman–Crippen MR) is 53.7 cm³/mol. The zero-order valence-corrected chi connectivity index (χ0v) is 8.85. The number of carbonyl (C=O) groups is 1. The van der Waals surface area contributed by atoms with Crippen LogP contribution in [0.15, 0.2) is 4.79 Å². The maximum absolute atomic E-state index is 11.4. The summed E-state index contributed by atoms with van der Waals surface area (Å²) in [5.41, 5.74) is 0.649. The van der Waals surface area contributed by atoms with Crippen LogP contribution < -0.4 is 10.2 Å². The predicted octanol–water partition coefficient (Wildman–Crippen LogP) is -0.523. The van der Waals surface area contributed by atoms with Crippen molar-refractivity contribution in [2.75, 3.05) is 13.2 Å². The number of hydrogen-bond acceptors (Lipinski definition) is 4. The van der Waals surface area contributed by atoms with E-state index in [0.717, 1.165) is 11.3 Å². The molecule has 1 amide bonds. The van der Waals surface area contributed by atoms with E-state index in [1.165, 1.54) is 4.57 Å². The molecular formula is C8H12N2O3S. The van der Waals surface area contributed by atoms with Gasteiger partial charge in [-0.25, -0.2) is 0 Å². The van der Waals surface area contributed by atoms with Crippen molar-refractivity contribution in [3.63, 3.8) is 0 Å². The summed E-state index contributed by atoms with van der Waals surface area (Å²) in [5, 5.41) is 11.0. The van der Waals surface area contributed by atoms with Crippen molar-refractivity contribution in [3.05, 3.63) is 20.2 Å². The number of hydrogen-bond donors (Lipinski definition) is 2. The van der Waals surface area contributed by atoms with Crippen LogP contribution in [0.25, 0.3) is 0 Å². The number of aromatic nitrogens is 1. The molecule has 0 radical (unpaired) electrons. The van der Waals surface area contributed by atoms with E-state index in [-0.39, 0.29) is 23.9 Å². The highest BCUT2D eigenvalue weighted by molar-refractivity contribution is 7.11. The van der Waals surface area contributed by atoms with E-state index in [1.807, 2.05) is 0 Å². The number of carbonyl (C=O) groups excluding carboxylic acids is 1. The van der Waals surface area contributed by atoms with Gasteiger partial charge in [-0.15, -0.1) is 0 Å². The number of nitrogens with one attached hydrogen (secondary N) is 1. The minimum absolute atomic E-state index is 0.105. The van der Waals surface area contributed by atoms with Gasteiger partial charge in [-0.1, -0.05) is 11.3 Å². The van der Waals surface area contributed by atoms with Gasteiger partial charge in [-0.3, -0.25) is 9.59 Å². The summed E-state index contributed by atoms with van der Waals surface area (Å²) in [7, 11) is 1.62. The van der Waals surface area contributed by atoms with Gasteiger partial charge < -0.3 is 15.0 Å². The van der Waals surface area contributed by atoms with Gasteiger partial charge in [-0.2, -0.15) is 0 Å². The van der Waals surface area contributed by atoms with Crippen LogP contribution in [0.5, 0.6) is 0 Å². The van der Waals surface area contributed by atoms with E-state index >= 15 is 0 Å². The van der Waals surface area contributed by atoms with Crippen LogP contribution in [0.2, 0.25) is 0 Å². The maximum Gasteiger partial charge on any atom is 0.307 e. The molecule has 0 unspecified atom stereocenters. The minimum Gasteiger partial charge on any atom is -0.395 e. The maximum atomic E-state index is 11.4. The molecule has 1 rings (SSSR count). The van der Waals surface area contributed by atoms with Crippen molar-refractivity contribution in [1.82, 2.24) is 9.88 Å². The highest BCUT2D eigenvalue weighted by atomic mass is 32.1. The highest BCUT2D eigenvalue weighted by Crippen LogP contribution is 2.09. The molecule has 0 saturated heterocycles. The molecule has 78 valence electrons. The average Bonchev–Trinajstić information content (AvgIpc) is 2.42. The monoisotopic (exact) mass is 216 g/mol. The Morgan fingerprint density at radius 2 is 2.29 bits per heavy atom. The first-order valence-electron chi connectivity index (χ1n) is 4.13. The molecule has 0 atom stereocenters. The lowest BCUT2D eigenvalue weighted by atomic mass is 10.3. The molecule has 0 aliphatic heterocycles. The summed E-state index contributed by atoms with van der Waals surface area (Å²) in [6, 6.07) is 0. The molecule has 0 fully saturated rings. The van der Waals surface area contributed by atoms with Crippen molar-refractivity contribution < 1.29 is 9.90 Å². The van der Waals surface area contributed by atoms with Crippen molar-refractivity contribution in [3.8, 4) is 0 Å². The second-order valence-electron chi connectivity index (χ2n) is 2.82. The van der Waals surface area contributed by atoms with E-state index < -0.39 is 0 Å². The number of thiazole rings is 1. The molecule has 5 nitrogen and oxygen atoms in total. The molecule has 0 saturated carbocycles. The van der Waals surface area contributed by atoms with Gasteiger partial charge in [-0.05, 0) is 6.92 Å². The van der Waals surface area contributed by atoms with Crippen LogP contribution in [-0.2, 0) is 7.05 Å². The van der Waals surface area contributed by atoms with Crippen LogP contribution in [0, 0.1) is 6.92 Å². The van der Waals surface area contributed by atoms with Crippen LogP contribution in [0.4, 0.5) is 0 Å². The Morgan fingerprint density at radius 1 is 1.64 bits per heavy atom. The Bertz CT molecular complexity index is 394. The van der Waals surface area contributed by atoms with Crippen molar-refractivity contribution >= 4 is 17.2 Å². The van der Waals surface area contributed by atoms with E-state index in [9.17, 15) is 9.59 Å². The van der Waals surface area contributed by atoms with Gasteiger partial charge in [0.25, 0.3) is 5.91 Å². The number of rotatable bonds is 3. The molecule has 1 heterocycles. The summed E-state index contributed by atoms with van der Waals surface area (Å²) in [5.74, 6) is -0.306. The second-order valence-corrected chi connectivity index (χ2v) is 3.78. The van der Waals surface area contributed by atoms with Gasteiger partial charge >= 0.3 is 4.87 Å². The largest absolute Gasteiger partial charge is 0.395 e. The van der Waals surface area contributed by atoms with Gasteiger partial charge in [0, 0.05) is 19.3 Å². The molecule has 0 aliphatic rings. The molecule has 2 N–H and O–H groups in total. The van der Waals surface area contributed by atoms with Gasteiger partial charge in [0.1, 0.15) is 4.88 Å². The van der Waals surface area contributed by atoms with Crippen LogP contribution in [0.1, 0.15) is 15.4 Å². The van der Waals surface area contributed by atoms with Crippen LogP contribution in [0.3, 0.4) is 0 Å².